The molecule has 0 saturated carbocycles. The highest BCUT2D eigenvalue weighted by molar-refractivity contribution is 6.19. The molecule has 1 amide bonds. The number of carbonyl (C=O) groups is 1. The van der Waals surface area contributed by atoms with Gasteiger partial charge in [-0.1, -0.05) is 6.92 Å². The third-order valence-electron chi connectivity index (χ3n) is 2.26. The molecule has 14 heavy (non-hydrogen) atoms. The second kappa shape index (κ2) is 5.59. The fourth-order valence-corrected chi connectivity index (χ4v) is 1.40. The highest BCUT2D eigenvalue weighted by Crippen LogP contribution is 2.22. The number of rotatable bonds is 5. The molecule has 0 rings (SSSR count). The molecular formula is C11H22ClNO. The average molecular weight is 220 g/mol. The van der Waals surface area contributed by atoms with Crippen molar-refractivity contribution in [3.05, 3.63) is 0 Å². The highest BCUT2D eigenvalue weighted by Gasteiger charge is 2.31. The molecule has 0 heterocycles. The Hall–Kier alpha value is -0.240. The van der Waals surface area contributed by atoms with Crippen LogP contribution in [-0.4, -0.2) is 29.3 Å². The van der Waals surface area contributed by atoms with Crippen LogP contribution in [0.4, 0.5) is 0 Å². The summed E-state index contributed by atoms with van der Waals surface area (Å²) in [6.45, 7) is 10.8. The number of amides is 1. The summed E-state index contributed by atoms with van der Waals surface area (Å²) in [5, 5.41) is 0. The van der Waals surface area contributed by atoms with Crippen molar-refractivity contribution in [1.82, 2.24) is 4.90 Å². The minimum Gasteiger partial charge on any atom is -0.340 e. The molecule has 0 fully saturated rings. The van der Waals surface area contributed by atoms with Crippen molar-refractivity contribution >= 4 is 17.5 Å². The first-order valence-electron chi connectivity index (χ1n) is 5.23. The maximum atomic E-state index is 12.1. The van der Waals surface area contributed by atoms with E-state index < -0.39 is 5.41 Å². The Labute approximate surface area is 92.6 Å². The summed E-state index contributed by atoms with van der Waals surface area (Å²) in [4.78, 5) is 14.0. The summed E-state index contributed by atoms with van der Waals surface area (Å²) in [7, 11) is 0. The van der Waals surface area contributed by atoms with Crippen LogP contribution in [0.2, 0.25) is 0 Å². The second-order valence-electron chi connectivity index (χ2n) is 4.61. The lowest BCUT2D eigenvalue weighted by Gasteiger charge is -2.33. The standard InChI is InChI=1S/C11H22ClNO/c1-6-7-13(9(2)3)10(14)11(4,5)8-12/h9H,6-8H2,1-5H3. The predicted molar refractivity (Wildman–Crippen MR) is 61.6 cm³/mol. The third kappa shape index (κ3) is 3.49. The zero-order valence-corrected chi connectivity index (χ0v) is 10.7. The molecule has 0 aromatic heterocycles. The van der Waals surface area contributed by atoms with Gasteiger partial charge in [0, 0.05) is 18.5 Å². The van der Waals surface area contributed by atoms with E-state index in [1.807, 2.05) is 32.6 Å². The van der Waals surface area contributed by atoms with Crippen LogP contribution in [0.25, 0.3) is 0 Å². The number of halogens is 1. The Morgan fingerprint density at radius 3 is 2.21 bits per heavy atom. The number of nitrogens with zero attached hydrogens (tertiary/aromatic N) is 1. The minimum absolute atomic E-state index is 0.157. The van der Waals surface area contributed by atoms with Gasteiger partial charge in [-0.25, -0.2) is 0 Å². The molecule has 0 bridgehead atoms. The molecule has 0 atom stereocenters. The molecule has 0 aliphatic carbocycles. The first-order chi connectivity index (χ1) is 6.36. The Morgan fingerprint density at radius 1 is 1.43 bits per heavy atom. The van der Waals surface area contributed by atoms with Crippen LogP contribution < -0.4 is 0 Å². The van der Waals surface area contributed by atoms with Gasteiger partial charge >= 0.3 is 0 Å². The van der Waals surface area contributed by atoms with Crippen molar-refractivity contribution < 1.29 is 4.79 Å². The Kier molecular flexibility index (Phi) is 5.50. The van der Waals surface area contributed by atoms with Gasteiger partial charge in [-0.3, -0.25) is 4.79 Å². The maximum Gasteiger partial charge on any atom is 0.229 e. The smallest absolute Gasteiger partial charge is 0.229 e. The summed E-state index contributed by atoms with van der Waals surface area (Å²) in [5.74, 6) is 0.531. The normalized spacial score (nSPS) is 11.9. The van der Waals surface area contributed by atoms with Gasteiger partial charge in [0.05, 0.1) is 5.41 Å². The van der Waals surface area contributed by atoms with E-state index in [1.54, 1.807) is 0 Å². The van der Waals surface area contributed by atoms with E-state index in [0.29, 0.717) is 5.88 Å². The molecule has 0 aromatic carbocycles. The van der Waals surface area contributed by atoms with Gasteiger partial charge in [-0.05, 0) is 34.1 Å². The Morgan fingerprint density at radius 2 is 1.93 bits per heavy atom. The minimum atomic E-state index is -0.443. The molecule has 0 N–H and O–H groups in total. The SMILES string of the molecule is CCCN(C(=O)C(C)(C)CCl)C(C)C. The predicted octanol–water partition coefficient (Wildman–Crippen LogP) is 2.90. The molecule has 0 radical (unpaired) electrons. The summed E-state index contributed by atoms with van der Waals surface area (Å²) in [6.07, 6.45) is 0.988. The first kappa shape index (κ1) is 13.8. The maximum absolute atomic E-state index is 12.1. The summed E-state index contributed by atoms with van der Waals surface area (Å²) >= 11 is 5.79. The van der Waals surface area contributed by atoms with Crippen LogP contribution in [0.3, 0.4) is 0 Å². The third-order valence-corrected chi connectivity index (χ3v) is 2.93. The lowest BCUT2D eigenvalue weighted by molar-refractivity contribution is -0.141. The lowest BCUT2D eigenvalue weighted by Crippen LogP contribution is -2.45. The van der Waals surface area contributed by atoms with Crippen molar-refractivity contribution in [3.63, 3.8) is 0 Å². The van der Waals surface area contributed by atoms with Crippen molar-refractivity contribution in [1.29, 1.82) is 0 Å². The van der Waals surface area contributed by atoms with E-state index in [-0.39, 0.29) is 11.9 Å². The van der Waals surface area contributed by atoms with Crippen LogP contribution in [0.5, 0.6) is 0 Å². The average Bonchev–Trinajstić information content (AvgIpc) is 2.12. The van der Waals surface area contributed by atoms with Crippen LogP contribution in [0.1, 0.15) is 41.0 Å². The van der Waals surface area contributed by atoms with Gasteiger partial charge in [-0.15, -0.1) is 11.6 Å². The van der Waals surface area contributed by atoms with Crippen molar-refractivity contribution in [2.45, 2.75) is 47.1 Å². The number of hydrogen-bond acceptors (Lipinski definition) is 1. The molecule has 3 heteroatoms. The molecular weight excluding hydrogens is 198 g/mol. The molecule has 0 aliphatic heterocycles. The Bertz CT molecular complexity index is 190. The summed E-state index contributed by atoms with van der Waals surface area (Å²) in [6, 6.07) is 0.255. The molecule has 0 unspecified atom stereocenters. The van der Waals surface area contributed by atoms with Crippen molar-refractivity contribution in [3.8, 4) is 0 Å². The molecule has 0 saturated heterocycles. The van der Waals surface area contributed by atoms with Crippen LogP contribution in [-0.2, 0) is 4.79 Å². The topological polar surface area (TPSA) is 20.3 Å². The Balaban J connectivity index is 4.59. The lowest BCUT2D eigenvalue weighted by atomic mass is 9.93. The van der Waals surface area contributed by atoms with E-state index in [0.717, 1.165) is 13.0 Å². The van der Waals surface area contributed by atoms with Gasteiger partial charge in [0.15, 0.2) is 0 Å². The van der Waals surface area contributed by atoms with Gasteiger partial charge in [0.2, 0.25) is 5.91 Å². The van der Waals surface area contributed by atoms with Crippen LogP contribution in [0.15, 0.2) is 0 Å². The largest absolute Gasteiger partial charge is 0.340 e. The molecule has 0 aliphatic rings. The quantitative estimate of drug-likeness (QED) is 0.652. The van der Waals surface area contributed by atoms with Crippen LogP contribution >= 0.6 is 11.6 Å². The fourth-order valence-electron chi connectivity index (χ4n) is 1.28. The van der Waals surface area contributed by atoms with Crippen LogP contribution in [0, 0.1) is 5.41 Å². The zero-order chi connectivity index (χ0) is 11.4. The zero-order valence-electron chi connectivity index (χ0n) is 9.93. The van der Waals surface area contributed by atoms with E-state index in [4.69, 9.17) is 11.6 Å². The molecule has 0 spiro atoms. The van der Waals surface area contributed by atoms with E-state index in [2.05, 4.69) is 6.92 Å². The first-order valence-corrected chi connectivity index (χ1v) is 5.77. The number of alkyl halides is 1. The number of hydrogen-bond donors (Lipinski definition) is 0. The molecule has 2 nitrogen and oxygen atoms in total. The summed E-state index contributed by atoms with van der Waals surface area (Å²) in [5.41, 5.74) is -0.443. The van der Waals surface area contributed by atoms with Crippen molar-refractivity contribution in [2.75, 3.05) is 12.4 Å². The summed E-state index contributed by atoms with van der Waals surface area (Å²) < 4.78 is 0. The molecule has 0 aromatic rings. The monoisotopic (exact) mass is 219 g/mol. The highest BCUT2D eigenvalue weighted by atomic mass is 35.5. The second-order valence-corrected chi connectivity index (χ2v) is 4.88. The van der Waals surface area contributed by atoms with E-state index >= 15 is 0 Å². The van der Waals surface area contributed by atoms with Crippen molar-refractivity contribution in [2.24, 2.45) is 5.41 Å². The van der Waals surface area contributed by atoms with Gasteiger partial charge in [0.1, 0.15) is 0 Å². The molecule has 84 valence electrons. The van der Waals surface area contributed by atoms with E-state index in [1.165, 1.54) is 0 Å². The number of carbonyl (C=O) groups excluding carboxylic acids is 1. The van der Waals surface area contributed by atoms with Gasteiger partial charge in [-0.2, -0.15) is 0 Å². The van der Waals surface area contributed by atoms with E-state index in [9.17, 15) is 4.79 Å². The fraction of sp³-hybridized carbons (Fsp3) is 0.909. The van der Waals surface area contributed by atoms with Gasteiger partial charge < -0.3 is 4.90 Å². The van der Waals surface area contributed by atoms with Gasteiger partial charge in [0.25, 0.3) is 0 Å².